The highest BCUT2D eigenvalue weighted by atomic mass is 79.9. The first-order valence-electron chi connectivity index (χ1n) is 6.82. The number of halogens is 1. The third kappa shape index (κ3) is 4.18. The summed E-state index contributed by atoms with van der Waals surface area (Å²) in [5, 5.41) is 2.88. The fourth-order valence-electron chi connectivity index (χ4n) is 1.99. The second-order valence-corrected chi connectivity index (χ2v) is 5.53. The van der Waals surface area contributed by atoms with Crippen LogP contribution in [0.1, 0.15) is 26.3 Å². The average Bonchev–Trinajstić information content (AvgIpc) is 2.55. The van der Waals surface area contributed by atoms with Gasteiger partial charge in [0.15, 0.2) is 0 Å². The predicted octanol–water partition coefficient (Wildman–Crippen LogP) is 3.21. The van der Waals surface area contributed by atoms with E-state index in [0.29, 0.717) is 24.1 Å². The van der Waals surface area contributed by atoms with Crippen LogP contribution in [-0.4, -0.2) is 25.5 Å². The number of rotatable bonds is 5. The number of ether oxygens (including phenoxy) is 1. The Labute approximate surface area is 137 Å². The molecule has 22 heavy (non-hydrogen) atoms. The van der Waals surface area contributed by atoms with E-state index < -0.39 is 0 Å². The van der Waals surface area contributed by atoms with Crippen molar-refractivity contribution in [3.8, 4) is 0 Å². The summed E-state index contributed by atoms with van der Waals surface area (Å²) in [4.78, 5) is 23.4. The number of methoxy groups -OCH3 is 1. The van der Waals surface area contributed by atoms with Gasteiger partial charge in [0.2, 0.25) is 0 Å². The van der Waals surface area contributed by atoms with Gasteiger partial charge >= 0.3 is 5.97 Å². The molecule has 1 amide bonds. The normalized spacial score (nSPS) is 10.1. The number of hydrogen-bond acceptors (Lipinski definition) is 3. The lowest BCUT2D eigenvalue weighted by Gasteiger charge is -2.07. The number of nitrogens with one attached hydrogen (secondary N) is 1. The summed E-state index contributed by atoms with van der Waals surface area (Å²) >= 11 is 3.36. The molecular formula is C17H16BrNO3. The number of hydrogen-bond donors (Lipinski definition) is 1. The van der Waals surface area contributed by atoms with E-state index in [1.54, 1.807) is 18.2 Å². The van der Waals surface area contributed by atoms with E-state index >= 15 is 0 Å². The first-order valence-corrected chi connectivity index (χ1v) is 7.61. The second-order valence-electron chi connectivity index (χ2n) is 4.67. The van der Waals surface area contributed by atoms with Crippen LogP contribution in [0, 0.1) is 0 Å². The van der Waals surface area contributed by atoms with Gasteiger partial charge in [-0.1, -0.05) is 24.3 Å². The molecule has 1 N–H and O–H groups in total. The zero-order valence-electron chi connectivity index (χ0n) is 12.1. The molecule has 0 bridgehead atoms. The van der Waals surface area contributed by atoms with Crippen LogP contribution in [0.3, 0.4) is 0 Å². The van der Waals surface area contributed by atoms with Gasteiger partial charge in [-0.25, -0.2) is 4.79 Å². The quantitative estimate of drug-likeness (QED) is 0.831. The van der Waals surface area contributed by atoms with Crippen molar-refractivity contribution in [2.45, 2.75) is 6.42 Å². The van der Waals surface area contributed by atoms with Gasteiger partial charge in [-0.05, 0) is 52.2 Å². The van der Waals surface area contributed by atoms with Crippen molar-refractivity contribution in [3.05, 3.63) is 69.7 Å². The van der Waals surface area contributed by atoms with E-state index in [9.17, 15) is 9.59 Å². The molecule has 0 aliphatic rings. The first kappa shape index (κ1) is 16.2. The molecule has 0 aromatic heterocycles. The molecule has 0 unspecified atom stereocenters. The lowest BCUT2D eigenvalue weighted by molar-refractivity contribution is 0.0600. The van der Waals surface area contributed by atoms with Gasteiger partial charge in [0.1, 0.15) is 0 Å². The van der Waals surface area contributed by atoms with E-state index in [2.05, 4.69) is 26.0 Å². The van der Waals surface area contributed by atoms with E-state index in [1.807, 2.05) is 30.3 Å². The molecule has 0 aliphatic heterocycles. The average molecular weight is 362 g/mol. The number of benzene rings is 2. The molecule has 2 aromatic carbocycles. The van der Waals surface area contributed by atoms with Crippen LogP contribution in [0.5, 0.6) is 0 Å². The van der Waals surface area contributed by atoms with Crippen molar-refractivity contribution in [1.29, 1.82) is 0 Å². The van der Waals surface area contributed by atoms with E-state index in [-0.39, 0.29) is 11.9 Å². The van der Waals surface area contributed by atoms with Gasteiger partial charge in [-0.15, -0.1) is 0 Å². The van der Waals surface area contributed by atoms with Crippen LogP contribution in [0.25, 0.3) is 0 Å². The minimum absolute atomic E-state index is 0.112. The van der Waals surface area contributed by atoms with Gasteiger partial charge in [0.25, 0.3) is 5.91 Å². The fraction of sp³-hybridized carbons (Fsp3) is 0.176. The molecule has 0 saturated carbocycles. The lowest BCUT2D eigenvalue weighted by Crippen LogP contribution is -2.26. The van der Waals surface area contributed by atoms with Gasteiger partial charge in [0.05, 0.1) is 18.2 Å². The van der Waals surface area contributed by atoms with Crippen molar-refractivity contribution < 1.29 is 14.3 Å². The molecule has 2 aromatic rings. The Bertz CT molecular complexity index is 668. The summed E-state index contributed by atoms with van der Waals surface area (Å²) in [7, 11) is 1.35. The highest BCUT2D eigenvalue weighted by Crippen LogP contribution is 2.15. The van der Waals surface area contributed by atoms with Crippen LogP contribution in [0.4, 0.5) is 0 Å². The van der Waals surface area contributed by atoms with Gasteiger partial charge in [-0.3, -0.25) is 4.79 Å². The summed E-state index contributed by atoms with van der Waals surface area (Å²) < 4.78 is 5.42. The Morgan fingerprint density at radius 1 is 1.09 bits per heavy atom. The third-order valence-electron chi connectivity index (χ3n) is 3.19. The maximum Gasteiger partial charge on any atom is 0.337 e. The molecule has 0 aliphatic carbocycles. The molecule has 0 saturated heterocycles. The standard InChI is InChI=1S/C17H16BrNO3/c1-22-17(21)13-8-6-12(7-9-13)10-11-19-16(20)14-4-2-3-5-15(14)18/h2-9H,10-11H2,1H3,(H,19,20). The minimum atomic E-state index is -0.353. The second kappa shape index (κ2) is 7.75. The maximum absolute atomic E-state index is 12.0. The number of carbonyl (C=O) groups excluding carboxylic acids is 2. The summed E-state index contributed by atoms with van der Waals surface area (Å²) in [6, 6.07) is 14.4. The molecule has 0 fully saturated rings. The van der Waals surface area contributed by atoms with Crippen molar-refractivity contribution in [1.82, 2.24) is 5.32 Å². The van der Waals surface area contributed by atoms with E-state index in [0.717, 1.165) is 10.0 Å². The minimum Gasteiger partial charge on any atom is -0.465 e. The summed E-state index contributed by atoms with van der Waals surface area (Å²) in [6.07, 6.45) is 0.692. The number of carbonyl (C=O) groups is 2. The topological polar surface area (TPSA) is 55.4 Å². The van der Waals surface area contributed by atoms with E-state index in [1.165, 1.54) is 7.11 Å². The molecular weight excluding hydrogens is 346 g/mol. The Hall–Kier alpha value is -2.14. The van der Waals surface area contributed by atoms with Crippen LogP contribution >= 0.6 is 15.9 Å². The molecule has 0 spiro atoms. The smallest absolute Gasteiger partial charge is 0.337 e. The number of esters is 1. The van der Waals surface area contributed by atoms with Gasteiger partial charge in [0, 0.05) is 11.0 Å². The Balaban J connectivity index is 1.87. The largest absolute Gasteiger partial charge is 0.465 e. The van der Waals surface area contributed by atoms with Crippen molar-refractivity contribution in [3.63, 3.8) is 0 Å². The zero-order valence-corrected chi connectivity index (χ0v) is 13.7. The van der Waals surface area contributed by atoms with Gasteiger partial charge < -0.3 is 10.1 Å². The van der Waals surface area contributed by atoms with Crippen LogP contribution in [-0.2, 0) is 11.2 Å². The summed E-state index contributed by atoms with van der Waals surface area (Å²) in [6.45, 7) is 0.526. The molecule has 4 nitrogen and oxygen atoms in total. The zero-order chi connectivity index (χ0) is 15.9. The van der Waals surface area contributed by atoms with Crippen molar-refractivity contribution >= 4 is 27.8 Å². The third-order valence-corrected chi connectivity index (χ3v) is 3.88. The molecule has 0 heterocycles. The van der Waals surface area contributed by atoms with Gasteiger partial charge in [-0.2, -0.15) is 0 Å². The van der Waals surface area contributed by atoms with Crippen molar-refractivity contribution in [2.75, 3.05) is 13.7 Å². The highest BCUT2D eigenvalue weighted by Gasteiger charge is 2.08. The fourth-order valence-corrected chi connectivity index (χ4v) is 2.45. The summed E-state index contributed by atoms with van der Waals surface area (Å²) in [5.41, 5.74) is 2.17. The Kier molecular flexibility index (Phi) is 5.72. The summed E-state index contributed by atoms with van der Waals surface area (Å²) in [5.74, 6) is -0.465. The van der Waals surface area contributed by atoms with Crippen LogP contribution < -0.4 is 5.32 Å². The van der Waals surface area contributed by atoms with Crippen molar-refractivity contribution in [2.24, 2.45) is 0 Å². The van der Waals surface area contributed by atoms with E-state index in [4.69, 9.17) is 0 Å². The van der Waals surface area contributed by atoms with Crippen LogP contribution in [0.15, 0.2) is 53.0 Å². The monoisotopic (exact) mass is 361 g/mol. The molecule has 114 valence electrons. The van der Waals surface area contributed by atoms with Crippen LogP contribution in [0.2, 0.25) is 0 Å². The Morgan fingerprint density at radius 2 is 1.77 bits per heavy atom. The first-order chi connectivity index (χ1) is 10.6. The lowest BCUT2D eigenvalue weighted by atomic mass is 10.1. The number of amides is 1. The molecule has 2 rings (SSSR count). The molecule has 0 radical (unpaired) electrons. The molecule has 0 atom stereocenters. The predicted molar refractivity (Wildman–Crippen MR) is 88.0 cm³/mol. The Morgan fingerprint density at radius 3 is 2.41 bits per heavy atom. The SMILES string of the molecule is COC(=O)c1ccc(CCNC(=O)c2ccccc2Br)cc1. The highest BCUT2D eigenvalue weighted by molar-refractivity contribution is 9.10. The molecule has 5 heteroatoms. The maximum atomic E-state index is 12.0.